The third-order valence-corrected chi connectivity index (χ3v) is 4.83. The van der Waals surface area contributed by atoms with Crippen molar-refractivity contribution < 1.29 is 9.53 Å². The van der Waals surface area contributed by atoms with Crippen LogP contribution in [0.4, 0.5) is 5.69 Å². The standard InChI is InChI=1S/C14H16BrNO2/c1-18-8-5-6-11(15)12(7-8)16-14(17)13-9-3-2-4-10(9)13/h5-7,9-10,13H,2-4H2,1H3,(H,16,17). The van der Waals surface area contributed by atoms with Crippen LogP contribution < -0.4 is 10.1 Å². The van der Waals surface area contributed by atoms with Gasteiger partial charge in [0.1, 0.15) is 5.75 Å². The zero-order chi connectivity index (χ0) is 12.7. The summed E-state index contributed by atoms with van der Waals surface area (Å²) in [5.41, 5.74) is 0.796. The van der Waals surface area contributed by atoms with Crippen LogP contribution in [0.2, 0.25) is 0 Å². The Morgan fingerprint density at radius 3 is 2.78 bits per heavy atom. The van der Waals surface area contributed by atoms with Crippen molar-refractivity contribution in [1.82, 2.24) is 0 Å². The van der Waals surface area contributed by atoms with E-state index in [9.17, 15) is 4.79 Å². The molecule has 2 saturated carbocycles. The van der Waals surface area contributed by atoms with Gasteiger partial charge in [-0.15, -0.1) is 0 Å². The number of methoxy groups -OCH3 is 1. The molecule has 18 heavy (non-hydrogen) atoms. The number of carbonyl (C=O) groups is 1. The molecule has 3 nitrogen and oxygen atoms in total. The Balaban J connectivity index is 1.71. The number of anilines is 1. The maximum atomic E-state index is 12.2. The molecule has 1 amide bonds. The van der Waals surface area contributed by atoms with Gasteiger partial charge >= 0.3 is 0 Å². The molecule has 0 aromatic heterocycles. The van der Waals surface area contributed by atoms with Gasteiger partial charge in [-0.25, -0.2) is 0 Å². The van der Waals surface area contributed by atoms with Crippen LogP contribution in [0, 0.1) is 17.8 Å². The average Bonchev–Trinajstić information content (AvgIpc) is 2.86. The van der Waals surface area contributed by atoms with Gasteiger partial charge in [-0.3, -0.25) is 4.79 Å². The van der Waals surface area contributed by atoms with Gasteiger partial charge in [0.2, 0.25) is 5.91 Å². The normalized spacial score (nSPS) is 28.7. The van der Waals surface area contributed by atoms with Gasteiger partial charge in [0.05, 0.1) is 12.8 Å². The van der Waals surface area contributed by atoms with Crippen LogP contribution in [-0.2, 0) is 4.79 Å². The van der Waals surface area contributed by atoms with Crippen molar-refractivity contribution >= 4 is 27.5 Å². The van der Waals surface area contributed by atoms with Crippen molar-refractivity contribution in [1.29, 1.82) is 0 Å². The third-order valence-electron chi connectivity index (χ3n) is 4.14. The summed E-state index contributed by atoms with van der Waals surface area (Å²) in [5.74, 6) is 2.46. The first kappa shape index (κ1) is 12.0. The molecule has 0 saturated heterocycles. The molecule has 0 heterocycles. The first-order valence-electron chi connectivity index (χ1n) is 6.35. The molecule has 0 aliphatic heterocycles. The minimum atomic E-state index is 0.165. The Hall–Kier alpha value is -1.03. The van der Waals surface area contributed by atoms with Gasteiger partial charge in [-0.1, -0.05) is 6.42 Å². The quantitative estimate of drug-likeness (QED) is 0.929. The summed E-state index contributed by atoms with van der Waals surface area (Å²) in [6.07, 6.45) is 3.74. The number of ether oxygens (including phenoxy) is 1. The summed E-state index contributed by atoms with van der Waals surface area (Å²) in [6.45, 7) is 0. The highest BCUT2D eigenvalue weighted by molar-refractivity contribution is 9.10. The summed E-state index contributed by atoms with van der Waals surface area (Å²) in [5, 5.41) is 3.01. The predicted molar refractivity (Wildman–Crippen MR) is 73.6 cm³/mol. The van der Waals surface area contributed by atoms with Crippen LogP contribution in [0.1, 0.15) is 19.3 Å². The number of benzene rings is 1. The van der Waals surface area contributed by atoms with Crippen molar-refractivity contribution in [3.8, 4) is 5.75 Å². The highest BCUT2D eigenvalue weighted by Gasteiger charge is 2.56. The molecule has 1 aromatic rings. The van der Waals surface area contributed by atoms with E-state index in [1.54, 1.807) is 7.11 Å². The molecule has 2 aliphatic rings. The highest BCUT2D eigenvalue weighted by Crippen LogP contribution is 2.57. The summed E-state index contributed by atoms with van der Waals surface area (Å²) < 4.78 is 6.06. The zero-order valence-corrected chi connectivity index (χ0v) is 11.9. The minimum absolute atomic E-state index is 0.165. The molecule has 0 spiro atoms. The SMILES string of the molecule is COc1ccc(Br)c(NC(=O)C2C3CCCC32)c1. The van der Waals surface area contributed by atoms with E-state index >= 15 is 0 Å². The number of hydrogen-bond donors (Lipinski definition) is 1. The molecule has 1 N–H and O–H groups in total. The molecule has 4 heteroatoms. The van der Waals surface area contributed by atoms with Crippen molar-refractivity contribution in [2.45, 2.75) is 19.3 Å². The molecule has 0 bridgehead atoms. The van der Waals surface area contributed by atoms with E-state index in [4.69, 9.17) is 4.74 Å². The molecular formula is C14H16BrNO2. The van der Waals surface area contributed by atoms with Crippen molar-refractivity contribution in [3.63, 3.8) is 0 Å². The lowest BCUT2D eigenvalue weighted by Crippen LogP contribution is -2.16. The van der Waals surface area contributed by atoms with Crippen LogP contribution in [-0.4, -0.2) is 13.0 Å². The second kappa shape index (κ2) is 4.57. The van der Waals surface area contributed by atoms with Crippen LogP contribution in [0.3, 0.4) is 0 Å². The lowest BCUT2D eigenvalue weighted by atomic mass is 10.1. The van der Waals surface area contributed by atoms with Gasteiger partial charge in [-0.2, -0.15) is 0 Å². The summed E-state index contributed by atoms with van der Waals surface area (Å²) in [7, 11) is 1.63. The number of carbonyl (C=O) groups excluding carboxylic acids is 1. The van der Waals surface area contributed by atoms with Crippen LogP contribution in [0.5, 0.6) is 5.75 Å². The van der Waals surface area contributed by atoms with E-state index in [1.807, 2.05) is 18.2 Å². The van der Waals surface area contributed by atoms with Gasteiger partial charge < -0.3 is 10.1 Å². The second-order valence-corrected chi connectivity index (χ2v) is 5.97. The van der Waals surface area contributed by atoms with E-state index in [-0.39, 0.29) is 11.8 Å². The van der Waals surface area contributed by atoms with E-state index in [0.717, 1.165) is 15.9 Å². The fraction of sp³-hybridized carbons (Fsp3) is 0.500. The maximum absolute atomic E-state index is 12.2. The van der Waals surface area contributed by atoms with Crippen LogP contribution in [0.25, 0.3) is 0 Å². The molecule has 2 unspecified atom stereocenters. The monoisotopic (exact) mass is 309 g/mol. The van der Waals surface area contributed by atoms with Crippen LogP contribution >= 0.6 is 15.9 Å². The largest absolute Gasteiger partial charge is 0.497 e. The molecule has 2 fully saturated rings. The number of fused-ring (bicyclic) bond motifs is 1. The Kier molecular flexibility index (Phi) is 3.06. The molecular weight excluding hydrogens is 294 g/mol. The van der Waals surface area contributed by atoms with Gasteiger partial charge in [0, 0.05) is 16.5 Å². The third kappa shape index (κ3) is 2.03. The van der Waals surface area contributed by atoms with E-state index in [0.29, 0.717) is 11.8 Å². The van der Waals surface area contributed by atoms with Crippen molar-refractivity contribution in [2.24, 2.45) is 17.8 Å². The van der Waals surface area contributed by atoms with E-state index in [1.165, 1.54) is 19.3 Å². The predicted octanol–water partition coefficient (Wildman–Crippen LogP) is 3.44. The topological polar surface area (TPSA) is 38.3 Å². The van der Waals surface area contributed by atoms with E-state index < -0.39 is 0 Å². The summed E-state index contributed by atoms with van der Waals surface area (Å²) in [4.78, 5) is 12.2. The fourth-order valence-electron chi connectivity index (χ4n) is 3.15. The van der Waals surface area contributed by atoms with Gasteiger partial charge in [0.15, 0.2) is 0 Å². The molecule has 1 aromatic carbocycles. The number of nitrogens with one attached hydrogen (secondary N) is 1. The zero-order valence-electron chi connectivity index (χ0n) is 10.3. The fourth-order valence-corrected chi connectivity index (χ4v) is 3.50. The lowest BCUT2D eigenvalue weighted by Gasteiger charge is -2.10. The summed E-state index contributed by atoms with van der Waals surface area (Å²) in [6, 6.07) is 5.61. The first-order valence-corrected chi connectivity index (χ1v) is 7.14. The smallest absolute Gasteiger partial charge is 0.228 e. The van der Waals surface area contributed by atoms with Crippen molar-refractivity contribution in [2.75, 3.05) is 12.4 Å². The molecule has 96 valence electrons. The average molecular weight is 310 g/mol. The van der Waals surface area contributed by atoms with Gasteiger partial charge in [0.25, 0.3) is 0 Å². The number of rotatable bonds is 3. The highest BCUT2D eigenvalue weighted by atomic mass is 79.9. The van der Waals surface area contributed by atoms with Gasteiger partial charge in [-0.05, 0) is 52.7 Å². The van der Waals surface area contributed by atoms with Crippen LogP contribution in [0.15, 0.2) is 22.7 Å². The molecule has 3 rings (SSSR count). The minimum Gasteiger partial charge on any atom is -0.497 e. The number of hydrogen-bond acceptors (Lipinski definition) is 2. The number of halogens is 1. The molecule has 0 radical (unpaired) electrons. The lowest BCUT2D eigenvalue weighted by molar-refractivity contribution is -0.118. The number of amides is 1. The summed E-state index contributed by atoms with van der Waals surface area (Å²) >= 11 is 3.45. The Morgan fingerprint density at radius 2 is 2.11 bits per heavy atom. The molecule has 2 atom stereocenters. The first-order chi connectivity index (χ1) is 8.70. The Labute approximate surface area is 115 Å². The van der Waals surface area contributed by atoms with E-state index in [2.05, 4.69) is 21.2 Å². The van der Waals surface area contributed by atoms with Crippen molar-refractivity contribution in [3.05, 3.63) is 22.7 Å². The second-order valence-electron chi connectivity index (χ2n) is 5.12. The Bertz CT molecular complexity index is 479. The maximum Gasteiger partial charge on any atom is 0.228 e. The molecule has 2 aliphatic carbocycles. The Morgan fingerprint density at radius 1 is 1.39 bits per heavy atom.